The molecule has 2 fully saturated rings. The molecule has 2 aromatic carbocycles. The Labute approximate surface area is 191 Å². The number of rotatable bonds is 5. The number of benzene rings is 2. The fourth-order valence-corrected chi connectivity index (χ4v) is 5.30. The Kier molecular flexibility index (Phi) is 7.67. The van der Waals surface area contributed by atoms with Gasteiger partial charge < -0.3 is 15.5 Å². The number of hydrogen-bond donors (Lipinski definition) is 2. The van der Waals surface area contributed by atoms with E-state index in [2.05, 4.69) is 51.9 Å². The van der Waals surface area contributed by atoms with Crippen molar-refractivity contribution >= 4 is 42.1 Å². The van der Waals surface area contributed by atoms with Gasteiger partial charge in [-0.2, -0.15) is 0 Å². The third-order valence-electron chi connectivity index (χ3n) is 6.64. The maximum Gasteiger partial charge on any atom is 0.224 e. The van der Waals surface area contributed by atoms with E-state index in [0.717, 1.165) is 38.0 Å². The van der Waals surface area contributed by atoms with E-state index in [0.29, 0.717) is 24.4 Å². The molecule has 0 spiro atoms. The highest BCUT2D eigenvalue weighted by molar-refractivity contribution is 5.90. The standard InChI is InChI=1S/C24H29N3O.2ClH/c28-24(15-18-13-21-9-10-22(14-18)25-21)26-20-7-5-17(6-8-20)16-27-12-11-19-3-1-2-4-23(19)27;;/h1-8,18,21-22,25H,9-16H2,(H,26,28);2*1H. The number of para-hydroxylation sites is 1. The van der Waals surface area contributed by atoms with Gasteiger partial charge in [0.1, 0.15) is 0 Å². The predicted molar refractivity (Wildman–Crippen MR) is 128 cm³/mol. The van der Waals surface area contributed by atoms with E-state index in [9.17, 15) is 4.79 Å². The lowest BCUT2D eigenvalue weighted by molar-refractivity contribution is -0.117. The van der Waals surface area contributed by atoms with E-state index in [-0.39, 0.29) is 30.7 Å². The zero-order valence-electron chi connectivity index (χ0n) is 17.2. The number of fused-ring (bicyclic) bond motifs is 3. The Morgan fingerprint density at radius 1 is 1.00 bits per heavy atom. The summed E-state index contributed by atoms with van der Waals surface area (Å²) in [6.07, 6.45) is 6.65. The second-order valence-corrected chi connectivity index (χ2v) is 8.72. The Morgan fingerprint density at radius 2 is 1.70 bits per heavy atom. The van der Waals surface area contributed by atoms with Gasteiger partial charge >= 0.3 is 0 Å². The molecule has 2 atom stereocenters. The number of nitrogens with one attached hydrogen (secondary N) is 2. The minimum atomic E-state index is 0. The number of carbonyl (C=O) groups is 1. The molecule has 3 heterocycles. The van der Waals surface area contributed by atoms with Crippen LogP contribution in [0.4, 0.5) is 11.4 Å². The van der Waals surface area contributed by atoms with Crippen LogP contribution < -0.4 is 15.5 Å². The topological polar surface area (TPSA) is 44.4 Å². The van der Waals surface area contributed by atoms with Gasteiger partial charge in [0.25, 0.3) is 0 Å². The van der Waals surface area contributed by atoms with Crippen LogP contribution in [0.5, 0.6) is 0 Å². The van der Waals surface area contributed by atoms with Crippen LogP contribution in [0.2, 0.25) is 0 Å². The number of amides is 1. The van der Waals surface area contributed by atoms with E-state index in [1.807, 2.05) is 12.1 Å². The molecule has 1 amide bonds. The van der Waals surface area contributed by atoms with Gasteiger partial charge in [0, 0.05) is 43.0 Å². The maximum atomic E-state index is 12.5. The van der Waals surface area contributed by atoms with Crippen molar-refractivity contribution in [3.05, 3.63) is 59.7 Å². The van der Waals surface area contributed by atoms with Gasteiger partial charge in [0.15, 0.2) is 0 Å². The zero-order chi connectivity index (χ0) is 18.9. The molecule has 162 valence electrons. The molecule has 3 aliphatic rings. The summed E-state index contributed by atoms with van der Waals surface area (Å²) < 4.78 is 0. The smallest absolute Gasteiger partial charge is 0.224 e. The first-order chi connectivity index (χ1) is 13.7. The van der Waals surface area contributed by atoms with Crippen LogP contribution in [0.1, 0.15) is 43.2 Å². The quantitative estimate of drug-likeness (QED) is 0.680. The Bertz CT molecular complexity index is 846. The largest absolute Gasteiger partial charge is 0.367 e. The highest BCUT2D eigenvalue weighted by Crippen LogP contribution is 2.33. The average molecular weight is 448 g/mol. The van der Waals surface area contributed by atoms with Gasteiger partial charge in [-0.3, -0.25) is 4.79 Å². The van der Waals surface area contributed by atoms with E-state index in [1.165, 1.54) is 29.7 Å². The Hall–Kier alpha value is -1.75. The van der Waals surface area contributed by atoms with E-state index >= 15 is 0 Å². The molecule has 0 aliphatic carbocycles. The monoisotopic (exact) mass is 447 g/mol. The summed E-state index contributed by atoms with van der Waals surface area (Å²) in [6, 6.07) is 18.3. The van der Waals surface area contributed by atoms with Crippen LogP contribution in [0.15, 0.2) is 48.5 Å². The second kappa shape index (κ2) is 10.0. The van der Waals surface area contributed by atoms with Crippen LogP contribution in [-0.2, 0) is 17.8 Å². The number of hydrogen-bond acceptors (Lipinski definition) is 3. The SMILES string of the molecule is Cl.Cl.O=C(CC1CC2CCC(C1)N2)Nc1ccc(CN2CCc3ccccc32)cc1. The minimum Gasteiger partial charge on any atom is -0.367 e. The molecule has 5 rings (SSSR count). The van der Waals surface area contributed by atoms with Crippen molar-refractivity contribution in [2.45, 2.75) is 57.2 Å². The van der Waals surface area contributed by atoms with Crippen LogP contribution in [0.25, 0.3) is 0 Å². The highest BCUT2D eigenvalue weighted by Gasteiger charge is 2.34. The summed E-state index contributed by atoms with van der Waals surface area (Å²) in [6.45, 7) is 2.00. The van der Waals surface area contributed by atoms with E-state index in [1.54, 1.807) is 0 Å². The molecule has 2 N–H and O–H groups in total. The minimum absolute atomic E-state index is 0. The Balaban J connectivity index is 0.00000128. The van der Waals surface area contributed by atoms with E-state index < -0.39 is 0 Å². The van der Waals surface area contributed by atoms with Gasteiger partial charge in [-0.1, -0.05) is 30.3 Å². The lowest BCUT2D eigenvalue weighted by Crippen LogP contribution is -2.39. The number of carbonyl (C=O) groups excluding carboxylic acids is 1. The summed E-state index contributed by atoms with van der Waals surface area (Å²) in [4.78, 5) is 14.9. The summed E-state index contributed by atoms with van der Waals surface area (Å²) in [5.74, 6) is 0.695. The van der Waals surface area contributed by atoms with Crippen molar-refractivity contribution < 1.29 is 4.79 Å². The molecule has 3 aliphatic heterocycles. The molecule has 4 nitrogen and oxygen atoms in total. The van der Waals surface area contributed by atoms with Gasteiger partial charge in [-0.25, -0.2) is 0 Å². The molecule has 30 heavy (non-hydrogen) atoms. The second-order valence-electron chi connectivity index (χ2n) is 8.72. The lowest BCUT2D eigenvalue weighted by Gasteiger charge is -2.28. The fourth-order valence-electron chi connectivity index (χ4n) is 5.30. The van der Waals surface area contributed by atoms with Crippen molar-refractivity contribution in [2.24, 2.45) is 5.92 Å². The zero-order valence-corrected chi connectivity index (χ0v) is 18.8. The normalized spacial score (nSPS) is 23.9. The third-order valence-corrected chi connectivity index (χ3v) is 6.64. The molecular weight excluding hydrogens is 417 g/mol. The van der Waals surface area contributed by atoms with Crippen LogP contribution in [-0.4, -0.2) is 24.5 Å². The van der Waals surface area contributed by atoms with Crippen LogP contribution >= 0.6 is 24.8 Å². The molecule has 6 heteroatoms. The van der Waals surface area contributed by atoms with Gasteiger partial charge in [-0.15, -0.1) is 24.8 Å². The highest BCUT2D eigenvalue weighted by atomic mass is 35.5. The van der Waals surface area contributed by atoms with Crippen LogP contribution in [0.3, 0.4) is 0 Å². The molecule has 0 saturated carbocycles. The van der Waals surface area contributed by atoms with Crippen LogP contribution in [0, 0.1) is 5.92 Å². The van der Waals surface area contributed by atoms with Gasteiger partial charge in [0.2, 0.25) is 5.91 Å². The molecule has 2 saturated heterocycles. The first-order valence-electron chi connectivity index (χ1n) is 10.7. The molecular formula is C24H31Cl2N3O. The first-order valence-corrected chi connectivity index (χ1v) is 10.7. The lowest BCUT2D eigenvalue weighted by atomic mass is 9.89. The molecule has 2 unspecified atom stereocenters. The molecule has 0 radical (unpaired) electrons. The van der Waals surface area contributed by atoms with Gasteiger partial charge in [-0.05, 0) is 67.3 Å². The fraction of sp³-hybridized carbons (Fsp3) is 0.458. The van der Waals surface area contributed by atoms with Crippen molar-refractivity contribution in [3.63, 3.8) is 0 Å². The summed E-state index contributed by atoms with van der Waals surface area (Å²) >= 11 is 0. The molecule has 0 aromatic heterocycles. The maximum absolute atomic E-state index is 12.5. The summed E-state index contributed by atoms with van der Waals surface area (Å²) in [5.41, 5.74) is 4.99. The summed E-state index contributed by atoms with van der Waals surface area (Å²) in [5, 5.41) is 6.75. The number of piperidine rings is 1. The van der Waals surface area contributed by atoms with Gasteiger partial charge in [0.05, 0.1) is 0 Å². The number of nitrogens with zero attached hydrogens (tertiary/aromatic N) is 1. The van der Waals surface area contributed by atoms with Crippen molar-refractivity contribution in [1.29, 1.82) is 0 Å². The predicted octanol–water partition coefficient (Wildman–Crippen LogP) is 4.95. The molecule has 2 bridgehead atoms. The van der Waals surface area contributed by atoms with E-state index in [4.69, 9.17) is 0 Å². The average Bonchev–Trinajstić information content (AvgIpc) is 3.26. The van der Waals surface area contributed by atoms with Crippen molar-refractivity contribution in [3.8, 4) is 0 Å². The number of halogens is 2. The molecule has 2 aromatic rings. The van der Waals surface area contributed by atoms with Crippen molar-refractivity contribution in [1.82, 2.24) is 5.32 Å². The Morgan fingerprint density at radius 3 is 2.43 bits per heavy atom. The third kappa shape index (κ3) is 5.11. The van der Waals surface area contributed by atoms with Crippen molar-refractivity contribution in [2.75, 3.05) is 16.8 Å². The summed E-state index contributed by atoms with van der Waals surface area (Å²) in [7, 11) is 0. The first kappa shape index (κ1) is 22.9. The number of anilines is 2.